The molecule has 0 aromatic heterocycles. The van der Waals surface area contributed by atoms with Crippen LogP contribution in [0.15, 0.2) is 5.16 Å². The van der Waals surface area contributed by atoms with Crippen molar-refractivity contribution in [2.75, 3.05) is 0 Å². The van der Waals surface area contributed by atoms with Gasteiger partial charge in [0.2, 0.25) is 0 Å². The Morgan fingerprint density at radius 1 is 1.55 bits per heavy atom. The number of oxime groups is 1. The molecule has 0 amide bonds. The Morgan fingerprint density at radius 3 is 2.82 bits per heavy atom. The maximum Gasteiger partial charge on any atom is 0.144 e. The highest BCUT2D eigenvalue weighted by atomic mass is 16.5. The second-order valence-electron chi connectivity index (χ2n) is 3.24. The van der Waals surface area contributed by atoms with Gasteiger partial charge in [-0.3, -0.25) is 0 Å². The van der Waals surface area contributed by atoms with Crippen LogP contribution in [-0.2, 0) is 4.74 Å². The molecule has 0 saturated carbocycles. The van der Waals surface area contributed by atoms with Crippen molar-refractivity contribution in [1.29, 1.82) is 0 Å². The topological polar surface area (TPSA) is 67.8 Å². The molecular formula is C7H12N2O2. The third kappa shape index (κ3) is 0.976. The zero-order chi connectivity index (χ0) is 7.84. The summed E-state index contributed by atoms with van der Waals surface area (Å²) in [5, 5.41) is 11.4. The Morgan fingerprint density at radius 2 is 2.36 bits per heavy atom. The highest BCUT2D eigenvalue weighted by Crippen LogP contribution is 2.38. The van der Waals surface area contributed by atoms with Crippen LogP contribution in [0.2, 0.25) is 0 Å². The summed E-state index contributed by atoms with van der Waals surface area (Å²) in [6.45, 7) is 0. The van der Waals surface area contributed by atoms with Crippen molar-refractivity contribution >= 4 is 5.84 Å². The molecule has 2 bridgehead atoms. The molecular weight excluding hydrogens is 144 g/mol. The van der Waals surface area contributed by atoms with Crippen LogP contribution in [0, 0.1) is 5.92 Å². The molecule has 2 aliphatic rings. The molecule has 2 rings (SSSR count). The van der Waals surface area contributed by atoms with Crippen molar-refractivity contribution in [1.82, 2.24) is 0 Å². The maximum absolute atomic E-state index is 8.43. The summed E-state index contributed by atoms with van der Waals surface area (Å²) < 4.78 is 5.54. The third-order valence-electron chi connectivity index (χ3n) is 2.60. The molecule has 2 heterocycles. The number of rotatable bonds is 1. The smallest absolute Gasteiger partial charge is 0.144 e. The lowest BCUT2D eigenvalue weighted by molar-refractivity contribution is 0.0991. The quantitative estimate of drug-likeness (QED) is 0.248. The van der Waals surface area contributed by atoms with Crippen molar-refractivity contribution in [3.8, 4) is 0 Å². The summed E-state index contributed by atoms with van der Waals surface area (Å²) in [5.74, 6) is 0.496. The predicted molar refractivity (Wildman–Crippen MR) is 39.4 cm³/mol. The average molecular weight is 156 g/mol. The maximum atomic E-state index is 8.43. The van der Waals surface area contributed by atoms with Crippen molar-refractivity contribution in [3.05, 3.63) is 0 Å². The molecule has 3 N–H and O–H groups in total. The Hall–Kier alpha value is -0.770. The van der Waals surface area contributed by atoms with E-state index in [2.05, 4.69) is 5.16 Å². The van der Waals surface area contributed by atoms with E-state index in [-0.39, 0.29) is 12.0 Å². The predicted octanol–water partition coefficient (Wildman–Crippen LogP) is 0.300. The highest BCUT2D eigenvalue weighted by molar-refractivity contribution is 5.83. The van der Waals surface area contributed by atoms with Crippen molar-refractivity contribution < 1.29 is 9.94 Å². The lowest BCUT2D eigenvalue weighted by Crippen LogP contribution is -2.31. The van der Waals surface area contributed by atoms with E-state index in [1.807, 2.05) is 0 Å². The van der Waals surface area contributed by atoms with Gasteiger partial charge in [0, 0.05) is 5.92 Å². The summed E-state index contributed by atoms with van der Waals surface area (Å²) in [5.41, 5.74) is 5.48. The minimum Gasteiger partial charge on any atom is -0.409 e. The lowest BCUT2D eigenvalue weighted by Gasteiger charge is -2.15. The molecule has 62 valence electrons. The van der Waals surface area contributed by atoms with Gasteiger partial charge in [-0.1, -0.05) is 5.16 Å². The molecule has 2 aliphatic heterocycles. The second-order valence-corrected chi connectivity index (χ2v) is 3.24. The van der Waals surface area contributed by atoms with E-state index in [4.69, 9.17) is 15.7 Å². The first-order chi connectivity index (χ1) is 5.31. The van der Waals surface area contributed by atoms with Gasteiger partial charge in [0.1, 0.15) is 5.84 Å². The minimum absolute atomic E-state index is 0.166. The summed E-state index contributed by atoms with van der Waals surface area (Å²) in [6, 6.07) is 0. The van der Waals surface area contributed by atoms with Crippen LogP contribution in [0.25, 0.3) is 0 Å². The molecule has 3 atom stereocenters. The molecule has 0 radical (unpaired) electrons. The largest absolute Gasteiger partial charge is 0.409 e. The van der Waals surface area contributed by atoms with Gasteiger partial charge in [0.25, 0.3) is 0 Å². The third-order valence-corrected chi connectivity index (χ3v) is 2.60. The molecule has 2 saturated heterocycles. The van der Waals surface area contributed by atoms with Crippen LogP contribution in [0.3, 0.4) is 0 Å². The van der Waals surface area contributed by atoms with Crippen molar-refractivity contribution in [2.24, 2.45) is 16.8 Å². The average Bonchev–Trinajstić information content (AvgIpc) is 2.62. The first-order valence-electron chi connectivity index (χ1n) is 3.94. The Kier molecular flexibility index (Phi) is 1.49. The van der Waals surface area contributed by atoms with Crippen molar-refractivity contribution in [3.63, 3.8) is 0 Å². The van der Waals surface area contributed by atoms with E-state index in [9.17, 15) is 0 Å². The Labute approximate surface area is 65.0 Å². The van der Waals surface area contributed by atoms with Gasteiger partial charge in [0.05, 0.1) is 12.2 Å². The van der Waals surface area contributed by atoms with Crippen LogP contribution in [0.4, 0.5) is 0 Å². The first kappa shape index (κ1) is 6.91. The number of nitrogens with zero attached hydrogens (tertiary/aromatic N) is 1. The molecule has 2 fully saturated rings. The molecule has 11 heavy (non-hydrogen) atoms. The molecule has 4 nitrogen and oxygen atoms in total. The van der Waals surface area contributed by atoms with E-state index in [0.717, 1.165) is 19.3 Å². The van der Waals surface area contributed by atoms with Crippen LogP contribution in [0.1, 0.15) is 19.3 Å². The summed E-state index contributed by atoms with van der Waals surface area (Å²) in [6.07, 6.45) is 3.72. The summed E-state index contributed by atoms with van der Waals surface area (Å²) in [4.78, 5) is 0. The van der Waals surface area contributed by atoms with E-state index >= 15 is 0 Å². The molecule has 4 heteroatoms. The lowest BCUT2D eigenvalue weighted by atomic mass is 9.88. The first-order valence-corrected chi connectivity index (χ1v) is 3.94. The highest BCUT2D eigenvalue weighted by Gasteiger charge is 2.42. The monoisotopic (exact) mass is 156 g/mol. The fourth-order valence-corrected chi connectivity index (χ4v) is 2.02. The van der Waals surface area contributed by atoms with E-state index in [1.54, 1.807) is 0 Å². The van der Waals surface area contributed by atoms with Gasteiger partial charge in [-0.15, -0.1) is 0 Å². The van der Waals surface area contributed by atoms with E-state index in [1.165, 1.54) is 0 Å². The number of fused-ring (bicyclic) bond motifs is 2. The molecule has 0 aromatic carbocycles. The Balaban J connectivity index is 2.08. The second kappa shape index (κ2) is 2.37. The number of ether oxygens (including phenoxy) is 1. The standard InChI is InChI=1S/C7H12N2O2/c8-7(9-10)5-3-4-1-2-6(5)11-4/h4-6,10H,1-3H2,(H2,8,9)/t4-,5-,6+/m1/s1. The number of hydrogen-bond donors (Lipinski definition) is 2. The zero-order valence-corrected chi connectivity index (χ0v) is 6.23. The molecule has 0 spiro atoms. The van der Waals surface area contributed by atoms with E-state index in [0.29, 0.717) is 11.9 Å². The van der Waals surface area contributed by atoms with Crippen LogP contribution < -0.4 is 5.73 Å². The normalized spacial score (nSPS) is 43.3. The number of amidine groups is 1. The van der Waals surface area contributed by atoms with Crippen LogP contribution in [-0.4, -0.2) is 23.3 Å². The van der Waals surface area contributed by atoms with E-state index < -0.39 is 0 Å². The van der Waals surface area contributed by atoms with Gasteiger partial charge in [-0.25, -0.2) is 0 Å². The summed E-state index contributed by atoms with van der Waals surface area (Å²) >= 11 is 0. The van der Waals surface area contributed by atoms with Gasteiger partial charge in [-0.05, 0) is 19.3 Å². The molecule has 0 aromatic rings. The SMILES string of the molecule is NC(=NO)[C@@H]1C[C@H]2CC[C@@H]1O2. The van der Waals surface area contributed by atoms with Gasteiger partial charge in [-0.2, -0.15) is 0 Å². The fourth-order valence-electron chi connectivity index (χ4n) is 2.02. The Bertz CT molecular complexity index is 193. The summed E-state index contributed by atoms with van der Waals surface area (Å²) in [7, 11) is 0. The van der Waals surface area contributed by atoms with Gasteiger partial charge < -0.3 is 15.7 Å². The zero-order valence-electron chi connectivity index (χ0n) is 6.23. The minimum atomic E-state index is 0.166. The number of hydrogen-bond acceptors (Lipinski definition) is 3. The molecule has 0 unspecified atom stereocenters. The van der Waals surface area contributed by atoms with Crippen molar-refractivity contribution in [2.45, 2.75) is 31.5 Å². The van der Waals surface area contributed by atoms with Gasteiger partial charge in [0.15, 0.2) is 0 Å². The van der Waals surface area contributed by atoms with Crippen LogP contribution in [0.5, 0.6) is 0 Å². The fraction of sp³-hybridized carbons (Fsp3) is 0.857. The van der Waals surface area contributed by atoms with Crippen LogP contribution >= 0.6 is 0 Å². The van der Waals surface area contributed by atoms with Gasteiger partial charge >= 0.3 is 0 Å². The molecule has 0 aliphatic carbocycles. The number of nitrogens with two attached hydrogens (primary N) is 1.